The van der Waals surface area contributed by atoms with Gasteiger partial charge in [0.05, 0.1) is 12.4 Å². The number of nitrogens with two attached hydrogens (primary N) is 3. The Labute approximate surface area is 172 Å². The molecule has 0 amide bonds. The average Bonchev–Trinajstić information content (AvgIpc) is 3.26. The molecule has 1 saturated heterocycles. The summed E-state index contributed by atoms with van der Waals surface area (Å²) in [6, 6.07) is -1.41. The predicted octanol–water partition coefficient (Wildman–Crippen LogP) is -1.41. The first-order chi connectivity index (χ1) is 14.3. The predicted molar refractivity (Wildman–Crippen MR) is 106 cm³/mol. The van der Waals surface area contributed by atoms with Crippen molar-refractivity contribution in [3.63, 3.8) is 0 Å². The van der Waals surface area contributed by atoms with Gasteiger partial charge < -0.3 is 36.9 Å². The summed E-state index contributed by atoms with van der Waals surface area (Å²) in [6.07, 6.45) is 5.65. The molecular formula is C18H25N7O5. The number of carboxylic acids is 1. The van der Waals surface area contributed by atoms with Crippen LogP contribution in [-0.4, -0.2) is 72.7 Å². The molecule has 2 aromatic rings. The molecule has 0 bridgehead atoms. The van der Waals surface area contributed by atoms with E-state index in [9.17, 15) is 9.90 Å². The summed E-state index contributed by atoms with van der Waals surface area (Å²) in [5, 5.41) is 19.8. The number of aliphatic carboxylic acids is 1. The lowest BCUT2D eigenvalue weighted by atomic mass is 9.98. The first-order valence-electron chi connectivity index (χ1n) is 9.39. The van der Waals surface area contributed by atoms with E-state index >= 15 is 0 Å². The fraction of sp³-hybridized carbons (Fsp3) is 0.556. The van der Waals surface area contributed by atoms with Crippen molar-refractivity contribution in [1.82, 2.24) is 19.5 Å². The second kappa shape index (κ2) is 9.33. The summed E-state index contributed by atoms with van der Waals surface area (Å²) in [5.41, 5.74) is 18.3. The zero-order valence-electron chi connectivity index (χ0n) is 16.2. The average molecular weight is 419 g/mol. The Hall–Kier alpha value is -2.82. The van der Waals surface area contributed by atoms with Gasteiger partial charge in [0.25, 0.3) is 0 Å². The number of nitrogens with zero attached hydrogens (tertiary/aromatic N) is 4. The van der Waals surface area contributed by atoms with Gasteiger partial charge in [-0.1, -0.05) is 5.92 Å². The first-order valence-corrected chi connectivity index (χ1v) is 9.39. The van der Waals surface area contributed by atoms with E-state index in [4.69, 9.17) is 38.2 Å². The number of fused-ring (bicyclic) bond motifs is 1. The molecule has 1 aliphatic heterocycles. The van der Waals surface area contributed by atoms with E-state index < -0.39 is 42.6 Å². The molecule has 1 fully saturated rings. The molecule has 12 heteroatoms. The highest BCUT2D eigenvalue weighted by atomic mass is 16.6. The van der Waals surface area contributed by atoms with Gasteiger partial charge in [-0.25, -0.2) is 15.0 Å². The SMILES string of the molecule is C#CCO[C@H]1[C@@H](O)[C@H](n2cnc3c(N)ncnc32)O[C@@H]1C[C@@H](N)CC[C@H](N)C(=O)O. The highest BCUT2D eigenvalue weighted by Crippen LogP contribution is 2.35. The van der Waals surface area contributed by atoms with Crippen LogP contribution in [0.2, 0.25) is 0 Å². The summed E-state index contributed by atoms with van der Waals surface area (Å²) in [5.74, 6) is 1.49. The minimum atomic E-state index is -1.08. The molecule has 6 atom stereocenters. The van der Waals surface area contributed by atoms with Crippen LogP contribution in [0.3, 0.4) is 0 Å². The lowest BCUT2D eigenvalue weighted by molar-refractivity contribution is -0.138. The molecule has 30 heavy (non-hydrogen) atoms. The van der Waals surface area contributed by atoms with Crippen molar-refractivity contribution in [1.29, 1.82) is 0 Å². The maximum atomic E-state index is 10.9. The number of rotatable bonds is 9. The van der Waals surface area contributed by atoms with Gasteiger partial charge in [0, 0.05) is 6.04 Å². The number of carbonyl (C=O) groups is 1. The Bertz CT molecular complexity index is 929. The van der Waals surface area contributed by atoms with Gasteiger partial charge in [0.15, 0.2) is 17.7 Å². The number of aliphatic hydroxyl groups excluding tert-OH is 1. The van der Waals surface area contributed by atoms with Gasteiger partial charge in [-0.05, 0) is 19.3 Å². The van der Waals surface area contributed by atoms with Gasteiger partial charge in [-0.2, -0.15) is 0 Å². The minimum absolute atomic E-state index is 0.0206. The first kappa shape index (κ1) is 21.9. The molecule has 8 N–H and O–H groups in total. The van der Waals surface area contributed by atoms with Gasteiger partial charge in [-0.15, -0.1) is 6.42 Å². The highest BCUT2D eigenvalue weighted by Gasteiger charge is 2.46. The number of imidazole rings is 1. The van der Waals surface area contributed by atoms with E-state index in [1.165, 1.54) is 12.7 Å². The van der Waals surface area contributed by atoms with E-state index in [2.05, 4.69) is 20.9 Å². The molecule has 12 nitrogen and oxygen atoms in total. The quantitative estimate of drug-likeness (QED) is 0.299. The van der Waals surface area contributed by atoms with E-state index in [1.807, 2.05) is 0 Å². The third-order valence-corrected chi connectivity index (χ3v) is 5.03. The maximum absolute atomic E-state index is 10.9. The third-order valence-electron chi connectivity index (χ3n) is 5.03. The largest absolute Gasteiger partial charge is 0.480 e. The van der Waals surface area contributed by atoms with Crippen molar-refractivity contribution in [2.75, 3.05) is 12.3 Å². The molecule has 2 aromatic heterocycles. The summed E-state index contributed by atoms with van der Waals surface area (Å²) in [6.45, 7) is -0.0206. The van der Waals surface area contributed by atoms with Crippen molar-refractivity contribution in [2.45, 2.75) is 55.9 Å². The number of terminal acetylenes is 1. The number of hydrogen-bond donors (Lipinski definition) is 5. The summed E-state index contributed by atoms with van der Waals surface area (Å²) in [4.78, 5) is 23.1. The molecule has 0 aromatic carbocycles. The molecule has 3 rings (SSSR count). The number of aliphatic hydroxyl groups is 1. The molecular weight excluding hydrogens is 394 g/mol. The zero-order chi connectivity index (χ0) is 21.8. The molecule has 0 saturated carbocycles. The van der Waals surface area contributed by atoms with Crippen molar-refractivity contribution in [3.8, 4) is 12.3 Å². The third kappa shape index (κ3) is 4.50. The molecule has 0 radical (unpaired) electrons. The van der Waals surface area contributed by atoms with Crippen LogP contribution in [0.4, 0.5) is 5.82 Å². The van der Waals surface area contributed by atoms with Crippen LogP contribution in [0.5, 0.6) is 0 Å². The van der Waals surface area contributed by atoms with Crippen LogP contribution in [-0.2, 0) is 14.3 Å². The van der Waals surface area contributed by atoms with Crippen molar-refractivity contribution < 1.29 is 24.5 Å². The Morgan fingerprint density at radius 3 is 2.83 bits per heavy atom. The van der Waals surface area contributed by atoms with Crippen LogP contribution < -0.4 is 17.2 Å². The minimum Gasteiger partial charge on any atom is -0.480 e. The van der Waals surface area contributed by atoms with Gasteiger partial charge in [-0.3, -0.25) is 9.36 Å². The van der Waals surface area contributed by atoms with Crippen LogP contribution in [0, 0.1) is 12.3 Å². The van der Waals surface area contributed by atoms with E-state index in [-0.39, 0.29) is 18.8 Å². The van der Waals surface area contributed by atoms with E-state index in [0.717, 1.165) is 0 Å². The topological polar surface area (TPSA) is 198 Å². The van der Waals surface area contributed by atoms with Crippen molar-refractivity contribution in [3.05, 3.63) is 12.7 Å². The normalized spacial score (nSPS) is 25.8. The second-order valence-corrected chi connectivity index (χ2v) is 7.14. The van der Waals surface area contributed by atoms with Crippen LogP contribution in [0.25, 0.3) is 11.2 Å². The number of carboxylic acid groups (broad SMARTS) is 1. The molecule has 3 heterocycles. The zero-order valence-corrected chi connectivity index (χ0v) is 16.2. The number of aromatic nitrogens is 4. The second-order valence-electron chi connectivity index (χ2n) is 7.14. The van der Waals surface area contributed by atoms with Crippen molar-refractivity contribution in [2.24, 2.45) is 11.5 Å². The number of anilines is 1. The van der Waals surface area contributed by atoms with Crippen LogP contribution in [0.15, 0.2) is 12.7 Å². The molecule has 1 aliphatic rings. The van der Waals surface area contributed by atoms with Gasteiger partial charge in [0.1, 0.15) is 36.7 Å². The van der Waals surface area contributed by atoms with Crippen LogP contribution >= 0.6 is 0 Å². The molecule has 162 valence electrons. The fourth-order valence-corrected chi connectivity index (χ4v) is 3.48. The van der Waals surface area contributed by atoms with E-state index in [0.29, 0.717) is 24.0 Å². The standard InChI is InChI=1S/C18H25N7O5/c1-2-5-29-14-11(6-9(19)3-4-10(20)18(27)28)30-17(13(14)26)25-8-24-12-15(21)22-7-23-16(12)25/h1,7-11,13-14,17,26H,3-6,19-20H2,(H,27,28)(H2,21,22,23)/t9-,10-,11+,13+,14+,17+/m0/s1. The monoisotopic (exact) mass is 419 g/mol. The maximum Gasteiger partial charge on any atom is 0.320 e. The summed E-state index contributed by atoms with van der Waals surface area (Å²) >= 11 is 0. The lowest BCUT2D eigenvalue weighted by Gasteiger charge is -2.22. The Balaban J connectivity index is 1.76. The Kier molecular flexibility index (Phi) is 6.80. The molecule has 0 unspecified atom stereocenters. The Morgan fingerprint density at radius 2 is 2.13 bits per heavy atom. The van der Waals surface area contributed by atoms with Crippen molar-refractivity contribution >= 4 is 23.0 Å². The van der Waals surface area contributed by atoms with E-state index in [1.54, 1.807) is 4.57 Å². The summed E-state index contributed by atoms with van der Waals surface area (Å²) < 4.78 is 13.2. The fourth-order valence-electron chi connectivity index (χ4n) is 3.48. The smallest absolute Gasteiger partial charge is 0.320 e. The molecule has 0 aliphatic carbocycles. The van der Waals surface area contributed by atoms with Gasteiger partial charge >= 0.3 is 5.97 Å². The number of nitrogen functional groups attached to an aromatic ring is 1. The van der Waals surface area contributed by atoms with Crippen LogP contribution in [0.1, 0.15) is 25.5 Å². The number of ether oxygens (including phenoxy) is 2. The highest BCUT2D eigenvalue weighted by molar-refractivity contribution is 5.81. The Morgan fingerprint density at radius 1 is 1.37 bits per heavy atom. The van der Waals surface area contributed by atoms with Gasteiger partial charge in [0.2, 0.25) is 0 Å². The lowest BCUT2D eigenvalue weighted by Crippen LogP contribution is -2.39. The summed E-state index contributed by atoms with van der Waals surface area (Å²) in [7, 11) is 0. The number of hydrogen-bond acceptors (Lipinski definition) is 10. The molecule has 0 spiro atoms.